The second-order valence-corrected chi connectivity index (χ2v) is 9.77. The average Bonchev–Trinajstić information content (AvgIpc) is 3.34. The number of carbonyl (C=O) groups excluding carboxylic acids is 1. The zero-order valence-electron chi connectivity index (χ0n) is 18.8. The summed E-state index contributed by atoms with van der Waals surface area (Å²) in [5.41, 5.74) is 1.10. The molecule has 4 N–H and O–H groups in total. The molecule has 1 aromatic heterocycles. The number of rotatable bonds is 8. The third kappa shape index (κ3) is 5.54. The number of hydrogen-bond donors (Lipinski definition) is 4. The Labute approximate surface area is 198 Å². The smallest absolute Gasteiger partial charge is 0.329 e. The maximum Gasteiger partial charge on any atom is 0.329 e. The SMILES string of the molecule is O=C(NC1(C(=O)O)CCCCC1)c1ccc(-c2csc(N3CCC(NCCO)CC3)n2)cc1. The molecular formula is C24H32N4O4S. The number of nitrogens with one attached hydrogen (secondary N) is 2. The van der Waals surface area contributed by atoms with Gasteiger partial charge in [-0.25, -0.2) is 9.78 Å². The summed E-state index contributed by atoms with van der Waals surface area (Å²) in [6.07, 6.45) is 5.63. The molecule has 178 valence electrons. The summed E-state index contributed by atoms with van der Waals surface area (Å²) >= 11 is 1.62. The highest BCUT2D eigenvalue weighted by molar-refractivity contribution is 7.14. The first kappa shape index (κ1) is 23.7. The predicted molar refractivity (Wildman–Crippen MR) is 129 cm³/mol. The molecule has 4 rings (SSSR count). The van der Waals surface area contributed by atoms with Crippen molar-refractivity contribution < 1.29 is 19.8 Å². The molecule has 1 aliphatic heterocycles. The highest BCUT2D eigenvalue weighted by Gasteiger charge is 2.41. The van der Waals surface area contributed by atoms with Crippen molar-refractivity contribution in [2.75, 3.05) is 31.1 Å². The van der Waals surface area contributed by atoms with Crippen LogP contribution in [-0.4, -0.2) is 64.9 Å². The molecule has 2 aliphatic rings. The van der Waals surface area contributed by atoms with Crippen LogP contribution in [0.25, 0.3) is 11.3 Å². The molecule has 9 heteroatoms. The number of carboxylic acids is 1. The molecule has 0 radical (unpaired) electrons. The van der Waals surface area contributed by atoms with E-state index >= 15 is 0 Å². The fourth-order valence-corrected chi connectivity index (χ4v) is 5.60. The number of piperidine rings is 1. The van der Waals surface area contributed by atoms with Gasteiger partial charge in [0.15, 0.2) is 5.13 Å². The summed E-state index contributed by atoms with van der Waals surface area (Å²) in [6, 6.07) is 7.65. The van der Waals surface area contributed by atoms with Crippen LogP contribution in [0.4, 0.5) is 5.13 Å². The van der Waals surface area contributed by atoms with Gasteiger partial charge in [0, 0.05) is 42.2 Å². The van der Waals surface area contributed by atoms with Gasteiger partial charge in [-0.3, -0.25) is 4.79 Å². The van der Waals surface area contributed by atoms with Gasteiger partial charge < -0.3 is 25.7 Å². The number of carbonyl (C=O) groups is 2. The number of carboxylic acid groups (broad SMARTS) is 1. The fraction of sp³-hybridized carbons (Fsp3) is 0.542. The second-order valence-electron chi connectivity index (χ2n) is 8.93. The molecule has 0 spiro atoms. The van der Waals surface area contributed by atoms with E-state index in [0.717, 1.165) is 61.6 Å². The first-order valence-electron chi connectivity index (χ1n) is 11.7. The van der Waals surface area contributed by atoms with E-state index in [1.54, 1.807) is 23.5 Å². The first-order chi connectivity index (χ1) is 16.0. The molecule has 1 amide bonds. The molecule has 33 heavy (non-hydrogen) atoms. The minimum atomic E-state index is -1.15. The number of aliphatic carboxylic acids is 1. The van der Waals surface area contributed by atoms with Crippen molar-refractivity contribution in [2.24, 2.45) is 0 Å². The molecule has 1 saturated carbocycles. The maximum atomic E-state index is 12.8. The molecule has 8 nitrogen and oxygen atoms in total. The van der Waals surface area contributed by atoms with Crippen LogP contribution in [0.5, 0.6) is 0 Å². The van der Waals surface area contributed by atoms with E-state index < -0.39 is 11.5 Å². The Morgan fingerprint density at radius 2 is 1.82 bits per heavy atom. The van der Waals surface area contributed by atoms with Crippen molar-refractivity contribution in [2.45, 2.75) is 56.5 Å². The van der Waals surface area contributed by atoms with E-state index in [2.05, 4.69) is 15.5 Å². The van der Waals surface area contributed by atoms with Gasteiger partial charge in [0.2, 0.25) is 0 Å². The van der Waals surface area contributed by atoms with Crippen LogP contribution in [-0.2, 0) is 4.79 Å². The highest BCUT2D eigenvalue weighted by Crippen LogP contribution is 2.31. The Bertz CT molecular complexity index is 948. The zero-order chi connectivity index (χ0) is 23.3. The molecular weight excluding hydrogens is 440 g/mol. The summed E-state index contributed by atoms with van der Waals surface area (Å²) in [5, 5.41) is 27.8. The van der Waals surface area contributed by atoms with Crippen LogP contribution >= 0.6 is 11.3 Å². The van der Waals surface area contributed by atoms with Crippen LogP contribution in [0.1, 0.15) is 55.3 Å². The van der Waals surface area contributed by atoms with Gasteiger partial charge in [0.25, 0.3) is 5.91 Å². The normalized spacial score (nSPS) is 18.8. The van der Waals surface area contributed by atoms with Crippen molar-refractivity contribution in [3.8, 4) is 11.3 Å². The third-order valence-corrected chi connectivity index (χ3v) is 7.62. The molecule has 1 aliphatic carbocycles. The number of amides is 1. The lowest BCUT2D eigenvalue weighted by atomic mass is 9.81. The van der Waals surface area contributed by atoms with Gasteiger partial charge >= 0.3 is 5.97 Å². The second kappa shape index (κ2) is 10.6. The Morgan fingerprint density at radius 3 is 2.45 bits per heavy atom. The Morgan fingerprint density at radius 1 is 1.12 bits per heavy atom. The van der Waals surface area contributed by atoms with E-state index in [9.17, 15) is 14.7 Å². The van der Waals surface area contributed by atoms with Gasteiger partial charge in [0.05, 0.1) is 12.3 Å². The molecule has 0 unspecified atom stereocenters. The molecule has 0 atom stereocenters. The van der Waals surface area contributed by atoms with Crippen LogP contribution in [0.15, 0.2) is 29.6 Å². The number of aliphatic hydroxyl groups excluding tert-OH is 1. The largest absolute Gasteiger partial charge is 0.480 e. The minimum Gasteiger partial charge on any atom is -0.480 e. The van der Waals surface area contributed by atoms with E-state index in [1.165, 1.54) is 0 Å². The Kier molecular flexibility index (Phi) is 7.62. The van der Waals surface area contributed by atoms with Crippen molar-refractivity contribution in [1.82, 2.24) is 15.6 Å². The summed E-state index contributed by atoms with van der Waals surface area (Å²) in [6.45, 7) is 2.66. The summed E-state index contributed by atoms with van der Waals surface area (Å²) in [4.78, 5) is 31.7. The van der Waals surface area contributed by atoms with Crippen LogP contribution in [0.2, 0.25) is 0 Å². The van der Waals surface area contributed by atoms with Crippen molar-refractivity contribution in [1.29, 1.82) is 0 Å². The average molecular weight is 473 g/mol. The molecule has 1 saturated heterocycles. The molecule has 2 heterocycles. The van der Waals surface area contributed by atoms with E-state index in [0.29, 0.717) is 31.0 Å². The number of hydrogen-bond acceptors (Lipinski definition) is 7. The highest BCUT2D eigenvalue weighted by atomic mass is 32.1. The predicted octanol–water partition coefficient (Wildman–Crippen LogP) is 2.88. The summed E-state index contributed by atoms with van der Waals surface area (Å²) < 4.78 is 0. The van der Waals surface area contributed by atoms with Gasteiger partial charge in [-0.15, -0.1) is 11.3 Å². The lowest BCUT2D eigenvalue weighted by molar-refractivity contribution is -0.145. The number of thiazole rings is 1. The van der Waals surface area contributed by atoms with Crippen LogP contribution in [0, 0.1) is 0 Å². The fourth-order valence-electron chi connectivity index (χ4n) is 4.72. The molecule has 2 fully saturated rings. The number of nitrogens with zero attached hydrogens (tertiary/aromatic N) is 2. The lowest BCUT2D eigenvalue weighted by Crippen LogP contribution is -2.55. The molecule has 2 aromatic rings. The molecule has 0 bridgehead atoms. The van der Waals surface area contributed by atoms with Gasteiger partial charge in [-0.2, -0.15) is 0 Å². The first-order valence-corrected chi connectivity index (χ1v) is 12.6. The number of benzene rings is 1. The number of aromatic nitrogens is 1. The van der Waals surface area contributed by atoms with Crippen molar-refractivity contribution in [3.05, 3.63) is 35.2 Å². The quantitative estimate of drug-likeness (QED) is 0.467. The molecule has 1 aromatic carbocycles. The summed E-state index contributed by atoms with van der Waals surface area (Å²) in [7, 11) is 0. The Balaban J connectivity index is 1.37. The van der Waals surface area contributed by atoms with Crippen molar-refractivity contribution >= 4 is 28.3 Å². The van der Waals surface area contributed by atoms with Gasteiger partial charge in [-0.1, -0.05) is 31.4 Å². The number of aliphatic hydroxyl groups is 1. The van der Waals surface area contributed by atoms with Crippen LogP contribution in [0.3, 0.4) is 0 Å². The van der Waals surface area contributed by atoms with Crippen molar-refractivity contribution in [3.63, 3.8) is 0 Å². The standard InChI is InChI=1S/C24H32N4O4S/c29-15-12-25-19-8-13-28(14-9-19)23-26-20(16-33-23)17-4-6-18(7-5-17)21(30)27-24(22(31)32)10-2-1-3-11-24/h4-7,16,19,25,29H,1-3,8-15H2,(H,27,30)(H,31,32). The van der Waals surface area contributed by atoms with E-state index in [-0.39, 0.29) is 12.5 Å². The minimum absolute atomic E-state index is 0.164. The summed E-state index contributed by atoms with van der Waals surface area (Å²) in [5.74, 6) is -1.29. The topological polar surface area (TPSA) is 115 Å². The monoisotopic (exact) mass is 472 g/mol. The van der Waals surface area contributed by atoms with E-state index in [1.807, 2.05) is 17.5 Å². The van der Waals surface area contributed by atoms with Gasteiger partial charge in [0.1, 0.15) is 5.54 Å². The maximum absolute atomic E-state index is 12.8. The number of anilines is 1. The van der Waals surface area contributed by atoms with E-state index in [4.69, 9.17) is 10.1 Å². The van der Waals surface area contributed by atoms with Gasteiger partial charge in [-0.05, 0) is 37.8 Å². The third-order valence-electron chi connectivity index (χ3n) is 6.71. The van der Waals surface area contributed by atoms with Crippen LogP contribution < -0.4 is 15.5 Å². The lowest BCUT2D eigenvalue weighted by Gasteiger charge is -2.34. The zero-order valence-corrected chi connectivity index (χ0v) is 19.6. The Hall–Kier alpha value is -2.49.